The van der Waals surface area contributed by atoms with Crippen molar-refractivity contribution in [1.82, 2.24) is 4.90 Å². The molecule has 2 rings (SSSR count). The van der Waals surface area contributed by atoms with Crippen LogP contribution >= 0.6 is 11.3 Å². The van der Waals surface area contributed by atoms with E-state index in [4.69, 9.17) is 4.74 Å². The number of hydrogen-bond donors (Lipinski definition) is 0. The summed E-state index contributed by atoms with van der Waals surface area (Å²) in [6.45, 7) is 5.06. The largest absolute Gasteiger partial charge is 0.469 e. The maximum Gasteiger partial charge on any atom is 0.305 e. The SMILES string of the molecule is COC(=O)CCCCN1C[C@H](C)O[C@@H](c2ccsc2)C1. The van der Waals surface area contributed by atoms with Gasteiger partial charge in [0.25, 0.3) is 0 Å². The minimum atomic E-state index is -0.114. The second-order valence-electron chi connectivity index (χ2n) is 5.28. The normalized spacial score (nSPS) is 23.7. The van der Waals surface area contributed by atoms with Crippen LogP contribution in [-0.4, -0.2) is 43.7 Å². The zero-order chi connectivity index (χ0) is 14.4. The van der Waals surface area contributed by atoms with Crippen LogP contribution in [0, 0.1) is 0 Å². The first-order valence-electron chi connectivity index (χ1n) is 7.15. The van der Waals surface area contributed by atoms with Gasteiger partial charge in [-0.2, -0.15) is 11.3 Å². The highest BCUT2D eigenvalue weighted by Crippen LogP contribution is 2.26. The molecule has 0 spiro atoms. The summed E-state index contributed by atoms with van der Waals surface area (Å²) in [7, 11) is 1.44. The van der Waals surface area contributed by atoms with E-state index in [0.717, 1.165) is 32.5 Å². The average Bonchev–Trinajstić information content (AvgIpc) is 2.97. The molecule has 0 aromatic carbocycles. The standard InChI is InChI=1S/C15H23NO3S/c1-12-9-16(7-4-3-5-15(17)18-2)10-14(19-12)13-6-8-20-11-13/h6,8,11-12,14H,3-5,7,9-10H2,1-2H3/t12-,14+/m0/s1. The first-order valence-corrected chi connectivity index (χ1v) is 8.10. The van der Waals surface area contributed by atoms with Gasteiger partial charge in [-0.1, -0.05) is 0 Å². The maximum absolute atomic E-state index is 11.1. The third kappa shape index (κ3) is 4.58. The smallest absolute Gasteiger partial charge is 0.305 e. The first-order chi connectivity index (χ1) is 9.69. The Labute approximate surface area is 124 Å². The molecule has 0 saturated carbocycles. The Bertz CT molecular complexity index is 407. The molecule has 4 nitrogen and oxygen atoms in total. The van der Waals surface area contributed by atoms with Crippen molar-refractivity contribution in [3.8, 4) is 0 Å². The fraction of sp³-hybridized carbons (Fsp3) is 0.667. The van der Waals surface area contributed by atoms with Crippen LogP contribution < -0.4 is 0 Å². The van der Waals surface area contributed by atoms with Crippen LogP contribution in [-0.2, 0) is 14.3 Å². The molecule has 0 aliphatic carbocycles. The van der Waals surface area contributed by atoms with Crippen molar-refractivity contribution in [3.63, 3.8) is 0 Å². The van der Waals surface area contributed by atoms with Crippen LogP contribution in [0.25, 0.3) is 0 Å². The molecule has 2 heterocycles. The van der Waals surface area contributed by atoms with Crippen molar-refractivity contribution >= 4 is 17.3 Å². The highest BCUT2D eigenvalue weighted by molar-refractivity contribution is 7.07. The molecule has 0 bridgehead atoms. The van der Waals surface area contributed by atoms with Gasteiger partial charge in [0.15, 0.2) is 0 Å². The van der Waals surface area contributed by atoms with Crippen LogP contribution in [0.2, 0.25) is 0 Å². The fourth-order valence-electron chi connectivity index (χ4n) is 2.57. The van der Waals surface area contributed by atoms with Gasteiger partial charge in [0, 0.05) is 19.5 Å². The molecular weight excluding hydrogens is 274 g/mol. The molecule has 0 N–H and O–H groups in total. The summed E-state index contributed by atoms with van der Waals surface area (Å²) < 4.78 is 10.7. The summed E-state index contributed by atoms with van der Waals surface area (Å²) in [4.78, 5) is 13.5. The van der Waals surface area contributed by atoms with Crippen molar-refractivity contribution in [2.24, 2.45) is 0 Å². The Kier molecular flexibility index (Phi) is 6.01. The molecule has 2 atom stereocenters. The quantitative estimate of drug-likeness (QED) is 0.598. The number of nitrogens with zero attached hydrogens (tertiary/aromatic N) is 1. The van der Waals surface area contributed by atoms with Gasteiger partial charge in [-0.15, -0.1) is 0 Å². The Morgan fingerprint density at radius 3 is 3.05 bits per heavy atom. The predicted octanol–water partition coefficient (Wildman–Crippen LogP) is 2.85. The number of rotatable bonds is 6. The Morgan fingerprint density at radius 1 is 1.50 bits per heavy atom. The number of unbranched alkanes of at least 4 members (excludes halogenated alkanes) is 1. The van der Waals surface area contributed by atoms with E-state index in [2.05, 4.69) is 33.4 Å². The zero-order valence-corrected chi connectivity index (χ0v) is 13.0. The zero-order valence-electron chi connectivity index (χ0n) is 12.2. The third-order valence-corrected chi connectivity index (χ3v) is 4.29. The van der Waals surface area contributed by atoms with Crippen LogP contribution in [0.1, 0.15) is 37.9 Å². The van der Waals surface area contributed by atoms with Crippen molar-refractivity contribution in [2.45, 2.75) is 38.4 Å². The third-order valence-electron chi connectivity index (χ3n) is 3.58. The van der Waals surface area contributed by atoms with Crippen LogP contribution in [0.15, 0.2) is 16.8 Å². The van der Waals surface area contributed by atoms with E-state index in [1.807, 2.05) is 0 Å². The number of morpholine rings is 1. The minimum Gasteiger partial charge on any atom is -0.469 e. The molecule has 1 aliphatic heterocycles. The summed E-state index contributed by atoms with van der Waals surface area (Å²) in [6, 6.07) is 2.14. The molecular formula is C15H23NO3S. The average molecular weight is 297 g/mol. The molecule has 1 aromatic rings. The molecule has 1 aromatic heterocycles. The Hall–Kier alpha value is -0.910. The monoisotopic (exact) mass is 297 g/mol. The van der Waals surface area contributed by atoms with Gasteiger partial charge in [-0.3, -0.25) is 9.69 Å². The van der Waals surface area contributed by atoms with Gasteiger partial charge in [-0.05, 0) is 48.7 Å². The summed E-state index contributed by atoms with van der Waals surface area (Å²) in [5.74, 6) is -0.114. The highest BCUT2D eigenvalue weighted by atomic mass is 32.1. The number of ether oxygens (including phenoxy) is 2. The van der Waals surface area contributed by atoms with Gasteiger partial charge in [0.05, 0.1) is 19.3 Å². The lowest BCUT2D eigenvalue weighted by Gasteiger charge is -2.36. The van der Waals surface area contributed by atoms with E-state index in [-0.39, 0.29) is 18.2 Å². The van der Waals surface area contributed by atoms with Crippen molar-refractivity contribution in [1.29, 1.82) is 0 Å². The number of thiophene rings is 1. The number of hydrogen-bond acceptors (Lipinski definition) is 5. The van der Waals surface area contributed by atoms with E-state index in [1.165, 1.54) is 12.7 Å². The van der Waals surface area contributed by atoms with Gasteiger partial charge >= 0.3 is 5.97 Å². The molecule has 0 radical (unpaired) electrons. The van der Waals surface area contributed by atoms with Gasteiger partial charge in [0.1, 0.15) is 0 Å². The second-order valence-corrected chi connectivity index (χ2v) is 6.06. The Morgan fingerprint density at radius 2 is 2.35 bits per heavy atom. The topological polar surface area (TPSA) is 38.8 Å². The lowest BCUT2D eigenvalue weighted by Crippen LogP contribution is -2.43. The van der Waals surface area contributed by atoms with E-state index in [9.17, 15) is 4.79 Å². The molecule has 112 valence electrons. The number of carbonyl (C=O) groups excluding carboxylic acids is 1. The second kappa shape index (κ2) is 7.76. The van der Waals surface area contributed by atoms with Gasteiger partial charge in [0.2, 0.25) is 0 Å². The van der Waals surface area contributed by atoms with Crippen molar-refractivity contribution in [2.75, 3.05) is 26.7 Å². The minimum absolute atomic E-state index is 0.114. The number of esters is 1. The summed E-state index contributed by atoms with van der Waals surface area (Å²) >= 11 is 1.71. The van der Waals surface area contributed by atoms with E-state index in [0.29, 0.717) is 6.42 Å². The van der Waals surface area contributed by atoms with Gasteiger partial charge < -0.3 is 9.47 Å². The molecule has 20 heavy (non-hydrogen) atoms. The van der Waals surface area contributed by atoms with Crippen molar-refractivity contribution < 1.29 is 14.3 Å². The summed E-state index contributed by atoms with van der Waals surface area (Å²) in [5, 5.41) is 4.26. The molecule has 5 heteroatoms. The summed E-state index contributed by atoms with van der Waals surface area (Å²) in [6.07, 6.45) is 2.88. The number of carbonyl (C=O) groups is 1. The van der Waals surface area contributed by atoms with Crippen LogP contribution in [0.4, 0.5) is 0 Å². The van der Waals surface area contributed by atoms with Crippen LogP contribution in [0.3, 0.4) is 0 Å². The van der Waals surface area contributed by atoms with Crippen molar-refractivity contribution in [3.05, 3.63) is 22.4 Å². The lowest BCUT2D eigenvalue weighted by molar-refractivity contribution is -0.140. The fourth-order valence-corrected chi connectivity index (χ4v) is 3.27. The van der Waals surface area contributed by atoms with E-state index >= 15 is 0 Å². The lowest BCUT2D eigenvalue weighted by atomic mass is 10.1. The Balaban J connectivity index is 1.75. The molecule has 1 saturated heterocycles. The number of methoxy groups -OCH3 is 1. The maximum atomic E-state index is 11.1. The molecule has 0 amide bonds. The molecule has 1 fully saturated rings. The van der Waals surface area contributed by atoms with E-state index in [1.54, 1.807) is 11.3 Å². The first kappa shape index (κ1) is 15.5. The molecule has 0 unspecified atom stereocenters. The summed E-state index contributed by atoms with van der Waals surface area (Å²) in [5.41, 5.74) is 1.28. The van der Waals surface area contributed by atoms with Crippen LogP contribution in [0.5, 0.6) is 0 Å². The van der Waals surface area contributed by atoms with Gasteiger partial charge in [-0.25, -0.2) is 0 Å². The van der Waals surface area contributed by atoms with E-state index < -0.39 is 0 Å². The highest BCUT2D eigenvalue weighted by Gasteiger charge is 2.26. The predicted molar refractivity (Wildman–Crippen MR) is 79.9 cm³/mol. The molecule has 1 aliphatic rings.